The molecule has 0 saturated heterocycles. The molecule has 3 heterocycles. The summed E-state index contributed by atoms with van der Waals surface area (Å²) in [5.41, 5.74) is 8.09. The monoisotopic (exact) mass is 502 g/mol. The minimum Gasteiger partial charge on any atom is -0.308 e. The number of imidazole rings is 1. The van der Waals surface area contributed by atoms with E-state index in [9.17, 15) is 0 Å². The SMILES string of the molecule is CCCC(CCC)n1c(=N)c2cc(-c3ccc(C(C)C)cc3Br)c3nc(C)cc1n32.Cl. The van der Waals surface area contributed by atoms with Gasteiger partial charge < -0.3 is 4.57 Å². The number of halogens is 2. The Morgan fingerprint density at radius 1 is 1.03 bits per heavy atom. The third-order valence-electron chi connectivity index (χ3n) is 6.11. The van der Waals surface area contributed by atoms with Crippen molar-refractivity contribution >= 4 is 45.1 Å². The van der Waals surface area contributed by atoms with Gasteiger partial charge in [0.25, 0.3) is 0 Å². The van der Waals surface area contributed by atoms with Gasteiger partial charge in [0.2, 0.25) is 0 Å². The van der Waals surface area contributed by atoms with E-state index in [1.165, 1.54) is 5.56 Å². The second kappa shape index (κ2) is 9.33. The third kappa shape index (κ3) is 4.03. The Hall–Kier alpha value is -1.85. The molecule has 0 spiro atoms. The van der Waals surface area contributed by atoms with Gasteiger partial charge >= 0.3 is 0 Å². The summed E-state index contributed by atoms with van der Waals surface area (Å²) in [6, 6.07) is 11.2. The van der Waals surface area contributed by atoms with Gasteiger partial charge in [-0.2, -0.15) is 0 Å². The van der Waals surface area contributed by atoms with Crippen molar-refractivity contribution in [3.8, 4) is 11.1 Å². The number of aromatic nitrogens is 3. The van der Waals surface area contributed by atoms with E-state index < -0.39 is 0 Å². The number of nitrogens with one attached hydrogen (secondary N) is 1. The summed E-state index contributed by atoms with van der Waals surface area (Å²) >= 11 is 3.79. The Labute approximate surface area is 199 Å². The van der Waals surface area contributed by atoms with E-state index in [-0.39, 0.29) is 12.4 Å². The molecule has 0 aliphatic heterocycles. The molecule has 0 amide bonds. The molecule has 6 heteroatoms. The van der Waals surface area contributed by atoms with Crippen LogP contribution < -0.4 is 5.49 Å². The lowest BCUT2D eigenvalue weighted by Gasteiger charge is -2.19. The van der Waals surface area contributed by atoms with Crippen molar-refractivity contribution < 1.29 is 0 Å². The van der Waals surface area contributed by atoms with Crippen molar-refractivity contribution in [3.63, 3.8) is 0 Å². The van der Waals surface area contributed by atoms with Crippen molar-refractivity contribution in [1.29, 1.82) is 5.41 Å². The van der Waals surface area contributed by atoms with Crippen LogP contribution in [0.4, 0.5) is 0 Å². The van der Waals surface area contributed by atoms with Crippen molar-refractivity contribution in [2.24, 2.45) is 0 Å². The van der Waals surface area contributed by atoms with Gasteiger partial charge in [-0.15, -0.1) is 12.4 Å². The second-order valence-corrected chi connectivity index (χ2v) is 9.56. The Kier molecular flexibility index (Phi) is 7.17. The van der Waals surface area contributed by atoms with Gasteiger partial charge in [-0.05, 0) is 48.9 Å². The van der Waals surface area contributed by atoms with Gasteiger partial charge in [0.15, 0.2) is 5.49 Å². The highest BCUT2D eigenvalue weighted by molar-refractivity contribution is 9.10. The van der Waals surface area contributed by atoms with E-state index in [0.717, 1.165) is 63.8 Å². The number of aryl methyl sites for hydroxylation is 1. The lowest BCUT2D eigenvalue weighted by atomic mass is 9.99. The minimum atomic E-state index is 0. The molecule has 31 heavy (non-hydrogen) atoms. The maximum Gasteiger partial charge on any atom is 0.151 e. The first kappa shape index (κ1) is 23.8. The van der Waals surface area contributed by atoms with Crippen molar-refractivity contribution in [2.75, 3.05) is 0 Å². The summed E-state index contributed by atoms with van der Waals surface area (Å²) in [7, 11) is 0. The summed E-state index contributed by atoms with van der Waals surface area (Å²) in [5, 5.41) is 9.02. The Morgan fingerprint density at radius 2 is 1.71 bits per heavy atom. The zero-order valence-electron chi connectivity index (χ0n) is 19.0. The van der Waals surface area contributed by atoms with Crippen LogP contribution in [0.25, 0.3) is 27.9 Å². The summed E-state index contributed by atoms with van der Waals surface area (Å²) in [4.78, 5) is 4.91. The van der Waals surface area contributed by atoms with Crippen molar-refractivity contribution in [3.05, 3.63) is 51.5 Å². The highest BCUT2D eigenvalue weighted by Gasteiger charge is 2.23. The number of hydrogen-bond donors (Lipinski definition) is 1. The summed E-state index contributed by atoms with van der Waals surface area (Å²) in [6.07, 6.45) is 4.44. The summed E-state index contributed by atoms with van der Waals surface area (Å²) in [6.45, 7) is 10.9. The summed E-state index contributed by atoms with van der Waals surface area (Å²) < 4.78 is 5.51. The third-order valence-corrected chi connectivity index (χ3v) is 6.77. The highest BCUT2D eigenvalue weighted by Crippen LogP contribution is 2.36. The van der Waals surface area contributed by atoms with Crippen LogP contribution >= 0.6 is 28.3 Å². The minimum absolute atomic E-state index is 0. The van der Waals surface area contributed by atoms with Crippen LogP contribution in [-0.4, -0.2) is 14.0 Å². The molecule has 1 aromatic carbocycles. The predicted molar refractivity (Wildman–Crippen MR) is 136 cm³/mol. The molecule has 0 radical (unpaired) electrons. The fourth-order valence-electron chi connectivity index (χ4n) is 4.63. The van der Waals surface area contributed by atoms with E-state index in [1.54, 1.807) is 0 Å². The van der Waals surface area contributed by atoms with Gasteiger partial charge in [-0.25, -0.2) is 4.98 Å². The lowest BCUT2D eigenvalue weighted by molar-refractivity contribution is 0.424. The van der Waals surface area contributed by atoms with Gasteiger partial charge in [-0.3, -0.25) is 9.81 Å². The fourth-order valence-corrected chi connectivity index (χ4v) is 5.24. The van der Waals surface area contributed by atoms with E-state index in [2.05, 4.69) is 89.8 Å². The first-order chi connectivity index (χ1) is 14.4. The van der Waals surface area contributed by atoms with E-state index in [0.29, 0.717) is 17.4 Å². The molecule has 0 bridgehead atoms. The van der Waals surface area contributed by atoms with Gasteiger partial charge in [0.05, 0.1) is 5.52 Å². The van der Waals surface area contributed by atoms with E-state index in [4.69, 9.17) is 10.4 Å². The molecule has 0 atom stereocenters. The standard InChI is InChI=1S/C25H31BrN4.ClH/c1-6-8-18(9-7-2)29-23-12-16(5)28-25-20(14-22(24(29)27)30(23)25)19-11-10-17(15(3)4)13-21(19)26;/h10-15,18,27H,6-9H2,1-5H3;1H. The molecule has 166 valence electrons. The van der Waals surface area contributed by atoms with Crippen LogP contribution in [0, 0.1) is 12.3 Å². The number of benzene rings is 1. The van der Waals surface area contributed by atoms with E-state index >= 15 is 0 Å². The highest BCUT2D eigenvalue weighted by atomic mass is 79.9. The van der Waals surface area contributed by atoms with Crippen LogP contribution in [0.5, 0.6) is 0 Å². The van der Waals surface area contributed by atoms with Gasteiger partial charge in [0.1, 0.15) is 11.3 Å². The number of rotatable bonds is 7. The van der Waals surface area contributed by atoms with Gasteiger partial charge in [-0.1, -0.05) is 68.6 Å². The predicted octanol–water partition coefficient (Wildman–Crippen LogP) is 7.63. The molecule has 0 unspecified atom stereocenters. The van der Waals surface area contributed by atoms with Crippen LogP contribution in [0.3, 0.4) is 0 Å². The molecule has 4 nitrogen and oxygen atoms in total. The molecule has 0 aliphatic rings. The van der Waals surface area contributed by atoms with E-state index in [1.807, 2.05) is 0 Å². The molecule has 4 rings (SSSR count). The molecule has 1 N–H and O–H groups in total. The van der Waals surface area contributed by atoms with Crippen molar-refractivity contribution in [1.82, 2.24) is 14.0 Å². The first-order valence-corrected chi connectivity index (χ1v) is 11.9. The average molecular weight is 504 g/mol. The maximum atomic E-state index is 9.02. The zero-order valence-corrected chi connectivity index (χ0v) is 21.4. The van der Waals surface area contributed by atoms with Gasteiger partial charge in [0, 0.05) is 27.8 Å². The Balaban J connectivity index is 0.00000272. The smallest absolute Gasteiger partial charge is 0.151 e. The Bertz CT molecular complexity index is 1250. The largest absolute Gasteiger partial charge is 0.308 e. The zero-order chi connectivity index (χ0) is 21.6. The number of hydrogen-bond acceptors (Lipinski definition) is 2. The fraction of sp³-hybridized carbons (Fsp3) is 0.440. The normalized spacial score (nSPS) is 11.9. The molecule has 0 saturated carbocycles. The topological polar surface area (TPSA) is 46.1 Å². The lowest BCUT2D eigenvalue weighted by Crippen LogP contribution is -2.21. The molecule has 3 aromatic heterocycles. The van der Waals surface area contributed by atoms with Crippen LogP contribution in [0.2, 0.25) is 0 Å². The maximum absolute atomic E-state index is 9.02. The molecule has 4 aromatic rings. The molecule has 0 fully saturated rings. The Morgan fingerprint density at radius 3 is 2.29 bits per heavy atom. The van der Waals surface area contributed by atoms with Crippen LogP contribution in [-0.2, 0) is 0 Å². The number of nitrogens with zero attached hydrogens (tertiary/aromatic N) is 3. The second-order valence-electron chi connectivity index (χ2n) is 8.70. The molecule has 0 aliphatic carbocycles. The van der Waals surface area contributed by atoms with Crippen LogP contribution in [0.15, 0.2) is 34.8 Å². The summed E-state index contributed by atoms with van der Waals surface area (Å²) in [5.74, 6) is 0.485. The first-order valence-electron chi connectivity index (χ1n) is 11.1. The van der Waals surface area contributed by atoms with Crippen molar-refractivity contribution in [2.45, 2.75) is 72.3 Å². The molecular weight excluding hydrogens is 472 g/mol. The average Bonchev–Trinajstić information content (AvgIpc) is 3.19. The van der Waals surface area contributed by atoms with Crippen LogP contribution in [0.1, 0.15) is 76.6 Å². The quantitative estimate of drug-likeness (QED) is 0.277. The molecular formula is C25H32BrClN4.